The van der Waals surface area contributed by atoms with Gasteiger partial charge in [0.2, 0.25) is 0 Å². The fraction of sp³-hybridized carbons (Fsp3) is 0.636. The molecule has 0 saturated heterocycles. The van der Waals surface area contributed by atoms with Crippen molar-refractivity contribution in [1.29, 1.82) is 0 Å². The maximum Gasteiger partial charge on any atom is 0.0873 e. The van der Waals surface area contributed by atoms with Crippen molar-refractivity contribution in [2.75, 3.05) is 13.2 Å². The third-order valence-electron chi connectivity index (χ3n) is 1.62. The first-order valence-corrected chi connectivity index (χ1v) is 4.87. The second-order valence-electron chi connectivity index (χ2n) is 2.79. The fourth-order valence-electron chi connectivity index (χ4n) is 0.972. The van der Waals surface area contributed by atoms with E-state index in [1.165, 1.54) is 19.1 Å². The van der Waals surface area contributed by atoms with Crippen molar-refractivity contribution in [3.8, 4) is 0 Å². The van der Waals surface area contributed by atoms with Gasteiger partial charge in [-0.2, -0.15) is 0 Å². The summed E-state index contributed by atoms with van der Waals surface area (Å²) in [6.45, 7) is 7.05. The summed E-state index contributed by atoms with van der Waals surface area (Å²) in [5.74, 6) is 0. The molecule has 0 rings (SSSR count). The summed E-state index contributed by atoms with van der Waals surface area (Å²) < 4.78 is 10.2. The minimum atomic E-state index is 0.791. The van der Waals surface area contributed by atoms with Crippen LogP contribution >= 0.6 is 0 Å². The van der Waals surface area contributed by atoms with Gasteiger partial charge >= 0.3 is 0 Å². The Balaban J connectivity index is 2.87. The van der Waals surface area contributed by atoms with E-state index < -0.39 is 0 Å². The molecule has 0 atom stereocenters. The van der Waals surface area contributed by atoms with Gasteiger partial charge in [0.15, 0.2) is 0 Å². The zero-order chi connectivity index (χ0) is 9.78. The van der Waals surface area contributed by atoms with Crippen LogP contribution in [0, 0.1) is 0 Å². The Morgan fingerprint density at radius 1 is 1.00 bits per heavy atom. The molecule has 0 N–H and O–H groups in total. The fourth-order valence-corrected chi connectivity index (χ4v) is 0.972. The molecule has 0 amide bonds. The van der Waals surface area contributed by atoms with E-state index in [4.69, 9.17) is 9.47 Å². The average molecular weight is 184 g/mol. The SMILES string of the molecule is C=COCCCCCCO/C=C/C. The van der Waals surface area contributed by atoms with E-state index in [0.717, 1.165) is 26.1 Å². The van der Waals surface area contributed by atoms with Crippen molar-refractivity contribution in [1.82, 2.24) is 0 Å². The summed E-state index contributed by atoms with van der Waals surface area (Å²) in [4.78, 5) is 0. The first-order valence-electron chi connectivity index (χ1n) is 4.87. The van der Waals surface area contributed by atoms with Gasteiger partial charge in [-0.05, 0) is 32.6 Å². The van der Waals surface area contributed by atoms with Gasteiger partial charge in [-0.25, -0.2) is 0 Å². The van der Waals surface area contributed by atoms with Crippen LogP contribution in [0.1, 0.15) is 32.6 Å². The van der Waals surface area contributed by atoms with E-state index >= 15 is 0 Å². The third kappa shape index (κ3) is 11.1. The van der Waals surface area contributed by atoms with Crippen LogP contribution in [0.25, 0.3) is 0 Å². The average Bonchev–Trinajstić information content (AvgIpc) is 2.16. The van der Waals surface area contributed by atoms with Crippen LogP contribution in [0.15, 0.2) is 25.2 Å². The van der Waals surface area contributed by atoms with Gasteiger partial charge in [-0.3, -0.25) is 0 Å². The van der Waals surface area contributed by atoms with Crippen LogP contribution in [0.3, 0.4) is 0 Å². The molecule has 0 spiro atoms. The van der Waals surface area contributed by atoms with Crippen LogP contribution < -0.4 is 0 Å². The van der Waals surface area contributed by atoms with Gasteiger partial charge in [0.1, 0.15) is 0 Å². The molecular weight excluding hydrogens is 164 g/mol. The standard InChI is InChI=1S/C11H20O2/c1-3-9-13-11-8-6-5-7-10-12-4-2/h3-4,9H,2,5-8,10-11H2,1H3/b9-3+. The normalized spacial score (nSPS) is 10.2. The van der Waals surface area contributed by atoms with Gasteiger partial charge in [0, 0.05) is 0 Å². The third-order valence-corrected chi connectivity index (χ3v) is 1.62. The Kier molecular flexibility index (Phi) is 10.3. The molecule has 0 heterocycles. The van der Waals surface area contributed by atoms with Crippen molar-refractivity contribution < 1.29 is 9.47 Å². The number of hydrogen-bond acceptors (Lipinski definition) is 2. The highest BCUT2D eigenvalue weighted by Crippen LogP contribution is 2.00. The highest BCUT2D eigenvalue weighted by atomic mass is 16.5. The van der Waals surface area contributed by atoms with Crippen LogP contribution in [0.4, 0.5) is 0 Å². The molecule has 2 heteroatoms. The Morgan fingerprint density at radius 2 is 1.62 bits per heavy atom. The largest absolute Gasteiger partial charge is 0.502 e. The molecule has 0 unspecified atom stereocenters. The first-order chi connectivity index (χ1) is 6.41. The van der Waals surface area contributed by atoms with Crippen molar-refractivity contribution >= 4 is 0 Å². The molecule has 2 nitrogen and oxygen atoms in total. The van der Waals surface area contributed by atoms with Gasteiger partial charge in [0.05, 0.1) is 25.7 Å². The van der Waals surface area contributed by atoms with E-state index in [9.17, 15) is 0 Å². The van der Waals surface area contributed by atoms with Crippen molar-refractivity contribution in [2.45, 2.75) is 32.6 Å². The number of allylic oxidation sites excluding steroid dienone is 1. The summed E-state index contributed by atoms with van der Waals surface area (Å²) in [5, 5.41) is 0. The molecular formula is C11H20O2. The number of unbranched alkanes of at least 4 members (excludes halogenated alkanes) is 3. The van der Waals surface area contributed by atoms with Crippen molar-refractivity contribution in [3.63, 3.8) is 0 Å². The van der Waals surface area contributed by atoms with Gasteiger partial charge in [-0.15, -0.1) is 0 Å². The molecule has 0 aromatic rings. The smallest absolute Gasteiger partial charge is 0.0873 e. The number of ether oxygens (including phenoxy) is 2. The molecule has 0 aliphatic carbocycles. The van der Waals surface area contributed by atoms with Gasteiger partial charge < -0.3 is 9.47 Å². The molecule has 0 saturated carbocycles. The predicted molar refractivity (Wildman–Crippen MR) is 55.4 cm³/mol. The van der Waals surface area contributed by atoms with Gasteiger partial charge in [-0.1, -0.05) is 12.7 Å². The molecule has 0 bridgehead atoms. The van der Waals surface area contributed by atoms with E-state index in [0.29, 0.717) is 0 Å². The summed E-state index contributed by atoms with van der Waals surface area (Å²) in [7, 11) is 0. The molecule has 0 radical (unpaired) electrons. The molecule has 0 aromatic heterocycles. The summed E-state index contributed by atoms with van der Waals surface area (Å²) in [6.07, 6.45) is 9.77. The molecule has 0 aliphatic rings. The predicted octanol–water partition coefficient (Wildman–Crippen LogP) is 3.26. The lowest BCUT2D eigenvalue weighted by atomic mass is 10.2. The lowest BCUT2D eigenvalue weighted by Crippen LogP contribution is -1.90. The summed E-state index contributed by atoms with van der Waals surface area (Å²) in [5.41, 5.74) is 0. The van der Waals surface area contributed by atoms with E-state index in [1.54, 1.807) is 6.26 Å². The van der Waals surface area contributed by atoms with Crippen molar-refractivity contribution in [3.05, 3.63) is 25.2 Å². The zero-order valence-electron chi connectivity index (χ0n) is 8.50. The first kappa shape index (κ1) is 12.1. The van der Waals surface area contributed by atoms with Crippen LogP contribution in [-0.2, 0) is 9.47 Å². The minimum Gasteiger partial charge on any atom is -0.502 e. The monoisotopic (exact) mass is 184 g/mol. The highest BCUT2D eigenvalue weighted by Gasteiger charge is 1.89. The molecule has 0 aromatic carbocycles. The second-order valence-corrected chi connectivity index (χ2v) is 2.79. The number of rotatable bonds is 9. The summed E-state index contributed by atoms with van der Waals surface area (Å²) >= 11 is 0. The minimum absolute atomic E-state index is 0.791. The Labute approximate surface area is 81.2 Å². The summed E-state index contributed by atoms with van der Waals surface area (Å²) in [6, 6.07) is 0. The van der Waals surface area contributed by atoms with E-state index in [1.807, 2.05) is 13.0 Å². The molecule has 0 aliphatic heterocycles. The van der Waals surface area contributed by atoms with E-state index in [2.05, 4.69) is 6.58 Å². The molecule has 76 valence electrons. The van der Waals surface area contributed by atoms with Crippen molar-refractivity contribution in [2.24, 2.45) is 0 Å². The Hall–Kier alpha value is -0.920. The van der Waals surface area contributed by atoms with Crippen LogP contribution in [0.2, 0.25) is 0 Å². The van der Waals surface area contributed by atoms with E-state index in [-0.39, 0.29) is 0 Å². The highest BCUT2D eigenvalue weighted by molar-refractivity contribution is 4.64. The Morgan fingerprint density at radius 3 is 2.15 bits per heavy atom. The van der Waals surface area contributed by atoms with Crippen LogP contribution in [-0.4, -0.2) is 13.2 Å². The quantitative estimate of drug-likeness (QED) is 0.404. The molecule has 13 heavy (non-hydrogen) atoms. The topological polar surface area (TPSA) is 18.5 Å². The number of hydrogen-bond donors (Lipinski definition) is 0. The molecule has 0 fully saturated rings. The zero-order valence-corrected chi connectivity index (χ0v) is 8.50. The lowest BCUT2D eigenvalue weighted by Gasteiger charge is -2.01. The Bertz CT molecular complexity index is 130. The van der Waals surface area contributed by atoms with Gasteiger partial charge in [0.25, 0.3) is 0 Å². The maximum absolute atomic E-state index is 5.18. The lowest BCUT2D eigenvalue weighted by molar-refractivity contribution is 0.227. The van der Waals surface area contributed by atoms with Crippen LogP contribution in [0.5, 0.6) is 0 Å². The maximum atomic E-state index is 5.18. The second kappa shape index (κ2) is 11.1.